The van der Waals surface area contributed by atoms with Crippen LogP contribution in [0.25, 0.3) is 0 Å². The Hall–Kier alpha value is -1.96. The zero-order valence-electron chi connectivity index (χ0n) is 16.3. The van der Waals surface area contributed by atoms with Crippen LogP contribution < -0.4 is 16.0 Å². The lowest BCUT2D eigenvalue weighted by atomic mass is 10.0. The zero-order chi connectivity index (χ0) is 20.3. The Morgan fingerprint density at radius 3 is 1.84 bits per heavy atom. The second-order valence-corrected chi connectivity index (χ2v) is 5.51. The maximum Gasteiger partial charge on any atom is 0.303 e. The number of carbonyl (C=O) groups excluding carboxylic acids is 3. The molecule has 1 unspecified atom stereocenters. The van der Waals surface area contributed by atoms with Crippen LogP contribution in [0.4, 0.5) is 0 Å². The lowest BCUT2D eigenvalue weighted by Gasteiger charge is -2.08. The van der Waals surface area contributed by atoms with E-state index in [0.717, 1.165) is 13.0 Å². The number of hydrogen-bond donors (Lipinski definition) is 4. The molecular formula is C17H35N3O5. The van der Waals surface area contributed by atoms with Crippen molar-refractivity contribution in [2.75, 3.05) is 19.6 Å². The molecule has 0 aromatic carbocycles. The average Bonchev–Trinajstić information content (AvgIpc) is 2.57. The summed E-state index contributed by atoms with van der Waals surface area (Å²) >= 11 is 0. The molecule has 1 atom stereocenters. The maximum atomic E-state index is 11.2. The molecule has 0 heterocycles. The number of rotatable bonds is 10. The molecule has 0 bridgehead atoms. The topological polar surface area (TPSA) is 125 Å². The van der Waals surface area contributed by atoms with Gasteiger partial charge in [0.1, 0.15) is 0 Å². The van der Waals surface area contributed by atoms with Crippen molar-refractivity contribution in [2.45, 2.75) is 60.4 Å². The van der Waals surface area contributed by atoms with E-state index in [-0.39, 0.29) is 37.1 Å². The van der Waals surface area contributed by atoms with E-state index in [2.05, 4.69) is 36.7 Å². The van der Waals surface area contributed by atoms with Gasteiger partial charge in [0.15, 0.2) is 5.78 Å². The fraction of sp³-hybridized carbons (Fsp3) is 0.765. The summed E-state index contributed by atoms with van der Waals surface area (Å²) in [4.78, 5) is 41.4. The highest BCUT2D eigenvalue weighted by Gasteiger charge is 2.11. The highest BCUT2D eigenvalue weighted by molar-refractivity contribution is 5.88. The maximum absolute atomic E-state index is 11.2. The van der Waals surface area contributed by atoms with Gasteiger partial charge in [0.05, 0.1) is 13.1 Å². The van der Waals surface area contributed by atoms with Gasteiger partial charge in [0.25, 0.3) is 0 Å². The van der Waals surface area contributed by atoms with Gasteiger partial charge in [0.2, 0.25) is 12.3 Å². The molecule has 4 N–H and O–H groups in total. The highest BCUT2D eigenvalue weighted by atomic mass is 16.4. The molecule has 0 saturated heterocycles. The number of Topliss-reactive ketones (excluding diaryl/α,β-unsaturated/α-hetero) is 1. The van der Waals surface area contributed by atoms with E-state index in [4.69, 9.17) is 5.11 Å². The van der Waals surface area contributed by atoms with Gasteiger partial charge in [-0.1, -0.05) is 41.5 Å². The van der Waals surface area contributed by atoms with Gasteiger partial charge in [-0.2, -0.15) is 0 Å². The Morgan fingerprint density at radius 2 is 1.56 bits per heavy atom. The van der Waals surface area contributed by atoms with Crippen LogP contribution in [0.5, 0.6) is 0 Å². The summed E-state index contributed by atoms with van der Waals surface area (Å²) in [5, 5.41) is 15.6. The van der Waals surface area contributed by atoms with E-state index >= 15 is 0 Å². The molecule has 0 aliphatic heterocycles. The summed E-state index contributed by atoms with van der Waals surface area (Å²) in [6.45, 7) is 12.8. The number of ketones is 1. The summed E-state index contributed by atoms with van der Waals surface area (Å²) < 4.78 is 0. The van der Waals surface area contributed by atoms with Gasteiger partial charge >= 0.3 is 5.97 Å². The minimum atomic E-state index is -0.745. The molecule has 2 amide bonds. The van der Waals surface area contributed by atoms with Gasteiger partial charge in [-0.3, -0.25) is 19.2 Å². The van der Waals surface area contributed by atoms with Crippen LogP contribution in [0.1, 0.15) is 54.4 Å². The molecule has 25 heavy (non-hydrogen) atoms. The van der Waals surface area contributed by atoms with E-state index in [9.17, 15) is 19.2 Å². The van der Waals surface area contributed by atoms with Crippen molar-refractivity contribution < 1.29 is 24.3 Å². The van der Waals surface area contributed by atoms with Crippen LogP contribution in [0.2, 0.25) is 0 Å². The minimum absolute atomic E-state index is 0.00644. The number of carboxylic acids is 1. The number of carboxylic acid groups (broad SMARTS) is 1. The lowest BCUT2D eigenvalue weighted by molar-refractivity contribution is -0.136. The molecule has 0 aliphatic rings. The second-order valence-electron chi connectivity index (χ2n) is 5.51. The monoisotopic (exact) mass is 361 g/mol. The average molecular weight is 361 g/mol. The summed E-state index contributed by atoms with van der Waals surface area (Å²) in [7, 11) is 0. The summed E-state index contributed by atoms with van der Waals surface area (Å²) in [6.07, 6.45) is 1.43. The first-order valence-corrected chi connectivity index (χ1v) is 8.57. The van der Waals surface area contributed by atoms with E-state index in [1.54, 1.807) is 6.92 Å². The molecular weight excluding hydrogens is 326 g/mol. The number of aliphatic carboxylic acids is 1. The van der Waals surface area contributed by atoms with Crippen molar-refractivity contribution in [3.05, 3.63) is 0 Å². The Balaban J connectivity index is -0.000000362. The fourth-order valence-electron chi connectivity index (χ4n) is 1.19. The van der Waals surface area contributed by atoms with Gasteiger partial charge in [-0.15, -0.1) is 0 Å². The smallest absolute Gasteiger partial charge is 0.303 e. The fourth-order valence-corrected chi connectivity index (χ4v) is 1.19. The molecule has 0 aromatic rings. The van der Waals surface area contributed by atoms with E-state index in [1.165, 1.54) is 0 Å². The summed E-state index contributed by atoms with van der Waals surface area (Å²) in [6, 6.07) is 0.648. The predicted molar refractivity (Wildman–Crippen MR) is 98.3 cm³/mol. The zero-order valence-corrected chi connectivity index (χ0v) is 16.3. The van der Waals surface area contributed by atoms with E-state index in [1.807, 2.05) is 13.8 Å². The normalized spacial score (nSPS) is 10.4. The standard InChI is InChI=1S/C9H16N2O3.C5H13N.C3H6O2/c1-3-7(2)8(13)4-11-9(14)5-10-6-12;1-4-6-5(2)3;1-2-3(4)5/h6-7H,3-5H2,1-2H3,(H,10,12)(H,11,14);5-6H,4H2,1-3H3;2H2,1H3,(H,4,5). The first kappa shape index (κ1) is 27.9. The van der Waals surface area contributed by atoms with Crippen LogP contribution in [0, 0.1) is 5.92 Å². The number of carbonyl (C=O) groups is 4. The van der Waals surface area contributed by atoms with Crippen LogP contribution in [0.3, 0.4) is 0 Å². The Morgan fingerprint density at radius 1 is 1.04 bits per heavy atom. The largest absolute Gasteiger partial charge is 0.481 e. The first-order valence-electron chi connectivity index (χ1n) is 8.57. The second kappa shape index (κ2) is 20.1. The van der Waals surface area contributed by atoms with Gasteiger partial charge in [-0.25, -0.2) is 0 Å². The van der Waals surface area contributed by atoms with Crippen LogP contribution in [-0.4, -0.2) is 54.9 Å². The van der Waals surface area contributed by atoms with Crippen molar-refractivity contribution >= 4 is 24.1 Å². The number of hydrogen-bond acceptors (Lipinski definition) is 5. The van der Waals surface area contributed by atoms with Crippen LogP contribution in [-0.2, 0) is 19.2 Å². The molecule has 0 saturated carbocycles. The Kier molecular flexibility index (Phi) is 22.4. The molecule has 0 spiro atoms. The van der Waals surface area contributed by atoms with Crippen molar-refractivity contribution in [1.82, 2.24) is 16.0 Å². The Labute approximate surface area is 151 Å². The van der Waals surface area contributed by atoms with Crippen LogP contribution >= 0.6 is 0 Å². The number of nitrogens with one attached hydrogen (secondary N) is 3. The van der Waals surface area contributed by atoms with Gasteiger partial charge < -0.3 is 21.1 Å². The molecule has 8 heteroatoms. The summed E-state index contributed by atoms with van der Waals surface area (Å²) in [5.41, 5.74) is 0. The third-order valence-electron chi connectivity index (χ3n) is 2.88. The van der Waals surface area contributed by atoms with Crippen LogP contribution in [0.15, 0.2) is 0 Å². The van der Waals surface area contributed by atoms with Crippen molar-refractivity contribution in [2.24, 2.45) is 5.92 Å². The van der Waals surface area contributed by atoms with Crippen molar-refractivity contribution in [3.8, 4) is 0 Å². The van der Waals surface area contributed by atoms with E-state index < -0.39 is 5.97 Å². The van der Waals surface area contributed by atoms with Crippen molar-refractivity contribution in [3.63, 3.8) is 0 Å². The van der Waals surface area contributed by atoms with E-state index in [0.29, 0.717) is 12.5 Å². The number of amides is 2. The SMILES string of the molecule is CCC(=O)O.CCC(C)C(=O)CNC(=O)CNC=O.CCNC(C)C. The third kappa shape index (κ3) is 27.2. The molecule has 8 nitrogen and oxygen atoms in total. The minimum Gasteiger partial charge on any atom is -0.481 e. The third-order valence-corrected chi connectivity index (χ3v) is 2.88. The molecule has 0 rings (SSSR count). The highest BCUT2D eigenvalue weighted by Crippen LogP contribution is 2.00. The van der Waals surface area contributed by atoms with Gasteiger partial charge in [-0.05, 0) is 13.0 Å². The van der Waals surface area contributed by atoms with Crippen molar-refractivity contribution in [1.29, 1.82) is 0 Å². The molecule has 0 fully saturated rings. The first-order chi connectivity index (χ1) is 11.7. The molecule has 0 aromatic heterocycles. The summed E-state index contributed by atoms with van der Waals surface area (Å²) in [5.74, 6) is -1.12. The Bertz CT molecular complexity index is 373. The molecule has 0 radical (unpaired) electrons. The molecule has 0 aliphatic carbocycles. The molecule has 148 valence electrons. The van der Waals surface area contributed by atoms with Gasteiger partial charge in [0, 0.05) is 18.4 Å². The quantitative estimate of drug-likeness (QED) is 0.429. The lowest BCUT2D eigenvalue weighted by Crippen LogP contribution is -2.37. The predicted octanol–water partition coefficient (Wildman–Crippen LogP) is 0.949.